The van der Waals surface area contributed by atoms with Gasteiger partial charge in [0.2, 0.25) is 0 Å². The summed E-state index contributed by atoms with van der Waals surface area (Å²) in [5.74, 6) is 1.72. The van der Waals surface area contributed by atoms with Crippen molar-refractivity contribution in [3.63, 3.8) is 0 Å². The first kappa shape index (κ1) is 16.3. The Balaban J connectivity index is 1.90. The molecule has 1 N–H and O–H groups in total. The molecule has 5 nitrogen and oxygen atoms in total. The molecule has 1 amide bonds. The van der Waals surface area contributed by atoms with E-state index in [1.54, 1.807) is 12.5 Å². The van der Waals surface area contributed by atoms with Gasteiger partial charge in [-0.25, -0.2) is 4.98 Å². The Labute approximate surface area is 134 Å². The number of benzene rings is 1. The van der Waals surface area contributed by atoms with Crippen LogP contribution in [0.15, 0.2) is 29.6 Å². The SMILES string of the molecule is COc1cccc(OCc2nc(C(=O)NCC(C)C)cs2)c1. The fraction of sp³-hybridized carbons (Fsp3) is 0.375. The number of nitrogens with one attached hydrogen (secondary N) is 1. The quantitative estimate of drug-likeness (QED) is 0.851. The van der Waals surface area contributed by atoms with Gasteiger partial charge in [0, 0.05) is 18.0 Å². The molecule has 1 heterocycles. The maximum absolute atomic E-state index is 11.9. The standard InChI is InChI=1S/C16H20N2O3S/c1-11(2)8-17-16(19)14-10-22-15(18-14)9-21-13-6-4-5-12(7-13)20-3/h4-7,10-11H,8-9H2,1-3H3,(H,17,19). The lowest BCUT2D eigenvalue weighted by Crippen LogP contribution is -2.27. The molecule has 118 valence electrons. The Bertz CT molecular complexity index is 625. The average molecular weight is 320 g/mol. The summed E-state index contributed by atoms with van der Waals surface area (Å²) in [6.07, 6.45) is 0. The van der Waals surface area contributed by atoms with Gasteiger partial charge >= 0.3 is 0 Å². The minimum atomic E-state index is -0.141. The van der Waals surface area contributed by atoms with Gasteiger partial charge in [0.25, 0.3) is 5.91 Å². The van der Waals surface area contributed by atoms with E-state index in [1.807, 2.05) is 24.3 Å². The van der Waals surface area contributed by atoms with Crippen molar-refractivity contribution in [2.45, 2.75) is 20.5 Å². The molecule has 0 atom stereocenters. The highest BCUT2D eigenvalue weighted by molar-refractivity contribution is 7.09. The maximum atomic E-state index is 11.9. The summed E-state index contributed by atoms with van der Waals surface area (Å²) in [6, 6.07) is 7.38. The monoisotopic (exact) mass is 320 g/mol. The van der Waals surface area contributed by atoms with Crippen molar-refractivity contribution in [2.75, 3.05) is 13.7 Å². The van der Waals surface area contributed by atoms with Crippen LogP contribution in [-0.2, 0) is 6.61 Å². The van der Waals surface area contributed by atoms with Crippen molar-refractivity contribution in [1.82, 2.24) is 10.3 Å². The fourth-order valence-corrected chi connectivity index (χ4v) is 2.39. The smallest absolute Gasteiger partial charge is 0.270 e. The Kier molecular flexibility index (Phi) is 5.77. The van der Waals surface area contributed by atoms with Gasteiger partial charge in [-0.1, -0.05) is 19.9 Å². The topological polar surface area (TPSA) is 60.5 Å². The molecule has 0 aliphatic rings. The van der Waals surface area contributed by atoms with E-state index in [0.29, 0.717) is 30.5 Å². The fourth-order valence-electron chi connectivity index (χ4n) is 1.70. The number of carbonyl (C=O) groups excluding carboxylic acids is 1. The van der Waals surface area contributed by atoms with Gasteiger partial charge in [0.15, 0.2) is 0 Å². The number of hydrogen-bond donors (Lipinski definition) is 1. The van der Waals surface area contributed by atoms with Crippen molar-refractivity contribution in [3.05, 3.63) is 40.3 Å². The summed E-state index contributed by atoms with van der Waals surface area (Å²) >= 11 is 1.41. The first-order chi connectivity index (χ1) is 10.6. The van der Waals surface area contributed by atoms with Crippen molar-refractivity contribution in [2.24, 2.45) is 5.92 Å². The number of amides is 1. The molecule has 0 spiro atoms. The zero-order valence-corrected chi connectivity index (χ0v) is 13.8. The van der Waals surface area contributed by atoms with Crippen LogP contribution in [-0.4, -0.2) is 24.5 Å². The number of carbonyl (C=O) groups is 1. The van der Waals surface area contributed by atoms with Crippen LogP contribution in [0.1, 0.15) is 29.3 Å². The summed E-state index contributed by atoms with van der Waals surface area (Å²) in [7, 11) is 1.61. The molecule has 0 unspecified atom stereocenters. The van der Waals surface area contributed by atoms with Crippen LogP contribution in [0.3, 0.4) is 0 Å². The Morgan fingerprint density at radius 2 is 2.14 bits per heavy atom. The van der Waals surface area contributed by atoms with Gasteiger partial charge in [0.05, 0.1) is 7.11 Å². The summed E-state index contributed by atoms with van der Waals surface area (Å²) in [5, 5.41) is 5.36. The normalized spacial score (nSPS) is 10.5. The molecule has 2 aromatic rings. The van der Waals surface area contributed by atoms with E-state index in [9.17, 15) is 4.79 Å². The third kappa shape index (κ3) is 4.73. The van der Waals surface area contributed by atoms with Crippen molar-refractivity contribution in [1.29, 1.82) is 0 Å². The highest BCUT2D eigenvalue weighted by atomic mass is 32.1. The first-order valence-electron chi connectivity index (χ1n) is 7.08. The minimum absolute atomic E-state index is 0.141. The second-order valence-electron chi connectivity index (χ2n) is 5.20. The number of ether oxygens (including phenoxy) is 2. The van der Waals surface area contributed by atoms with E-state index in [4.69, 9.17) is 9.47 Å². The largest absolute Gasteiger partial charge is 0.497 e. The van der Waals surface area contributed by atoms with E-state index < -0.39 is 0 Å². The summed E-state index contributed by atoms with van der Waals surface area (Å²) in [6.45, 7) is 5.07. The third-order valence-corrected chi connectivity index (χ3v) is 3.68. The zero-order valence-electron chi connectivity index (χ0n) is 13.0. The molecule has 0 aliphatic heterocycles. The highest BCUT2D eigenvalue weighted by Crippen LogP contribution is 2.20. The number of nitrogens with zero attached hydrogens (tertiary/aromatic N) is 1. The van der Waals surface area contributed by atoms with E-state index in [-0.39, 0.29) is 5.91 Å². The maximum Gasteiger partial charge on any atom is 0.270 e. The summed E-state index contributed by atoms with van der Waals surface area (Å²) in [5.41, 5.74) is 0.440. The van der Waals surface area contributed by atoms with Crippen LogP contribution in [0.5, 0.6) is 11.5 Å². The van der Waals surface area contributed by atoms with Crippen molar-refractivity contribution >= 4 is 17.2 Å². The Hall–Kier alpha value is -2.08. The molecule has 1 aromatic heterocycles. The van der Waals surface area contributed by atoms with Crippen LogP contribution >= 0.6 is 11.3 Å². The average Bonchev–Trinajstić information content (AvgIpc) is 3.00. The molecule has 0 saturated heterocycles. The van der Waals surface area contributed by atoms with Crippen LogP contribution in [0.2, 0.25) is 0 Å². The van der Waals surface area contributed by atoms with Gasteiger partial charge in [-0.15, -0.1) is 11.3 Å². The zero-order chi connectivity index (χ0) is 15.9. The molecule has 2 rings (SSSR count). The first-order valence-corrected chi connectivity index (χ1v) is 7.96. The van der Waals surface area contributed by atoms with Crippen LogP contribution in [0, 0.1) is 5.92 Å². The number of aromatic nitrogens is 1. The van der Waals surface area contributed by atoms with E-state index >= 15 is 0 Å². The molecule has 22 heavy (non-hydrogen) atoms. The second-order valence-corrected chi connectivity index (χ2v) is 6.14. The van der Waals surface area contributed by atoms with Gasteiger partial charge in [-0.3, -0.25) is 4.79 Å². The second kappa shape index (κ2) is 7.79. The Morgan fingerprint density at radius 1 is 1.36 bits per heavy atom. The molecule has 0 saturated carbocycles. The molecule has 0 fully saturated rings. The molecule has 0 radical (unpaired) electrons. The molecular formula is C16H20N2O3S. The Morgan fingerprint density at radius 3 is 2.86 bits per heavy atom. The van der Waals surface area contributed by atoms with Crippen molar-refractivity contribution < 1.29 is 14.3 Å². The molecule has 0 bridgehead atoms. The number of hydrogen-bond acceptors (Lipinski definition) is 5. The highest BCUT2D eigenvalue weighted by Gasteiger charge is 2.11. The number of methoxy groups -OCH3 is 1. The molecular weight excluding hydrogens is 300 g/mol. The minimum Gasteiger partial charge on any atom is -0.497 e. The van der Waals surface area contributed by atoms with E-state index in [2.05, 4.69) is 24.1 Å². The van der Waals surface area contributed by atoms with Gasteiger partial charge in [-0.05, 0) is 18.1 Å². The number of thiazole rings is 1. The van der Waals surface area contributed by atoms with Crippen LogP contribution in [0.4, 0.5) is 0 Å². The summed E-state index contributed by atoms with van der Waals surface area (Å²) < 4.78 is 10.8. The lowest BCUT2D eigenvalue weighted by molar-refractivity contribution is 0.0944. The third-order valence-electron chi connectivity index (χ3n) is 2.86. The lowest BCUT2D eigenvalue weighted by Gasteiger charge is -2.06. The van der Waals surface area contributed by atoms with Gasteiger partial charge in [-0.2, -0.15) is 0 Å². The lowest BCUT2D eigenvalue weighted by atomic mass is 10.2. The van der Waals surface area contributed by atoms with Crippen LogP contribution in [0.25, 0.3) is 0 Å². The predicted octanol–water partition coefficient (Wildman–Crippen LogP) is 3.12. The summed E-state index contributed by atoms with van der Waals surface area (Å²) in [4.78, 5) is 16.2. The van der Waals surface area contributed by atoms with Gasteiger partial charge < -0.3 is 14.8 Å². The van der Waals surface area contributed by atoms with E-state index in [1.165, 1.54) is 11.3 Å². The molecule has 6 heteroatoms. The van der Waals surface area contributed by atoms with E-state index in [0.717, 1.165) is 10.8 Å². The van der Waals surface area contributed by atoms with Gasteiger partial charge in [0.1, 0.15) is 28.8 Å². The van der Waals surface area contributed by atoms with Crippen LogP contribution < -0.4 is 14.8 Å². The number of rotatable bonds is 7. The predicted molar refractivity (Wildman–Crippen MR) is 86.6 cm³/mol. The molecule has 1 aromatic carbocycles. The van der Waals surface area contributed by atoms with Crippen molar-refractivity contribution in [3.8, 4) is 11.5 Å². The molecule has 0 aliphatic carbocycles.